The van der Waals surface area contributed by atoms with Gasteiger partial charge in [0, 0.05) is 13.6 Å². The first-order valence-corrected chi connectivity index (χ1v) is 7.24. The molecule has 1 aromatic rings. The molecule has 0 fully saturated rings. The molecule has 0 aliphatic carbocycles. The highest BCUT2D eigenvalue weighted by atomic mass is 32.2. The second kappa shape index (κ2) is 6.73. The van der Waals surface area contributed by atoms with Crippen LogP contribution < -0.4 is 10.5 Å². The van der Waals surface area contributed by atoms with Gasteiger partial charge in [0.25, 0.3) is 10.0 Å². The fraction of sp³-hybridized carbons (Fsp3) is 0.700. The van der Waals surface area contributed by atoms with Crippen LogP contribution in [0.4, 0.5) is 0 Å². The first-order chi connectivity index (χ1) is 8.08. The van der Waals surface area contributed by atoms with Gasteiger partial charge >= 0.3 is 0 Å². The number of hydrogen-bond acceptors (Lipinski definition) is 4. The Hall–Kier alpha value is -0.920. The van der Waals surface area contributed by atoms with E-state index in [4.69, 9.17) is 5.73 Å². The maximum Gasteiger partial charge on any atom is 0.257 e. The predicted molar refractivity (Wildman–Crippen MR) is 65.9 cm³/mol. The third kappa shape index (κ3) is 4.45. The van der Waals surface area contributed by atoms with Crippen molar-refractivity contribution in [3.63, 3.8) is 0 Å². The lowest BCUT2D eigenvalue weighted by Gasteiger charge is -2.06. The molecule has 0 atom stereocenters. The van der Waals surface area contributed by atoms with Crippen molar-refractivity contribution in [2.75, 3.05) is 13.1 Å². The lowest BCUT2D eigenvalue weighted by molar-refractivity contribution is 0.556. The minimum Gasteiger partial charge on any atom is -0.330 e. The van der Waals surface area contributed by atoms with Crippen molar-refractivity contribution in [2.45, 2.75) is 30.7 Å². The second-order valence-electron chi connectivity index (χ2n) is 3.89. The van der Waals surface area contributed by atoms with Crippen LogP contribution in [0.5, 0.6) is 0 Å². The van der Waals surface area contributed by atoms with Gasteiger partial charge in [0.15, 0.2) is 5.03 Å². The van der Waals surface area contributed by atoms with Crippen molar-refractivity contribution < 1.29 is 8.42 Å². The van der Waals surface area contributed by atoms with Crippen molar-refractivity contribution >= 4 is 10.0 Å². The van der Waals surface area contributed by atoms with E-state index >= 15 is 0 Å². The maximum atomic E-state index is 11.8. The molecule has 0 bridgehead atoms. The number of nitrogens with two attached hydrogens (primary N) is 1. The number of sulfonamides is 1. The van der Waals surface area contributed by atoms with Gasteiger partial charge in [-0.15, -0.1) is 0 Å². The summed E-state index contributed by atoms with van der Waals surface area (Å²) in [6.07, 6.45) is 5.33. The number of aromatic nitrogens is 2. The summed E-state index contributed by atoms with van der Waals surface area (Å²) in [4.78, 5) is 0. The third-order valence-corrected chi connectivity index (χ3v) is 4.01. The van der Waals surface area contributed by atoms with Crippen LogP contribution in [0.2, 0.25) is 0 Å². The third-order valence-electron chi connectivity index (χ3n) is 2.47. The largest absolute Gasteiger partial charge is 0.330 e. The highest BCUT2D eigenvalue weighted by Crippen LogP contribution is 2.06. The van der Waals surface area contributed by atoms with Gasteiger partial charge in [-0.2, -0.15) is 5.10 Å². The zero-order valence-electron chi connectivity index (χ0n) is 10.1. The molecule has 1 rings (SSSR count). The molecule has 98 valence electrons. The van der Waals surface area contributed by atoms with Crippen molar-refractivity contribution in [1.29, 1.82) is 0 Å². The topological polar surface area (TPSA) is 90.0 Å². The van der Waals surface area contributed by atoms with E-state index in [1.807, 2.05) is 0 Å². The SMILES string of the molecule is Cn1nccc1S(=O)(=O)NCCCCCCN. The Bertz CT molecular complexity index is 427. The summed E-state index contributed by atoms with van der Waals surface area (Å²) >= 11 is 0. The first-order valence-electron chi connectivity index (χ1n) is 5.75. The van der Waals surface area contributed by atoms with E-state index < -0.39 is 10.0 Å². The molecule has 0 amide bonds. The Balaban J connectivity index is 2.34. The van der Waals surface area contributed by atoms with Gasteiger partial charge in [-0.3, -0.25) is 4.68 Å². The van der Waals surface area contributed by atoms with Gasteiger partial charge in [0.1, 0.15) is 0 Å². The molecule has 0 radical (unpaired) electrons. The Morgan fingerprint density at radius 1 is 1.35 bits per heavy atom. The van der Waals surface area contributed by atoms with Gasteiger partial charge in [0.05, 0.1) is 6.20 Å². The Morgan fingerprint density at radius 2 is 2.06 bits per heavy atom. The maximum absolute atomic E-state index is 11.8. The standard InChI is InChI=1S/C10H20N4O2S/c1-14-10(6-9-12-14)17(15,16)13-8-5-3-2-4-7-11/h6,9,13H,2-5,7-8,11H2,1H3. The van der Waals surface area contributed by atoms with Crippen LogP contribution >= 0.6 is 0 Å². The molecular weight excluding hydrogens is 240 g/mol. The molecule has 17 heavy (non-hydrogen) atoms. The van der Waals surface area contributed by atoms with Gasteiger partial charge in [-0.1, -0.05) is 12.8 Å². The molecule has 0 aliphatic heterocycles. The van der Waals surface area contributed by atoms with Crippen molar-refractivity contribution in [1.82, 2.24) is 14.5 Å². The lowest BCUT2D eigenvalue weighted by Crippen LogP contribution is -2.26. The number of aryl methyl sites for hydroxylation is 1. The van der Waals surface area contributed by atoms with Crippen molar-refractivity contribution in [3.8, 4) is 0 Å². The van der Waals surface area contributed by atoms with E-state index in [9.17, 15) is 8.42 Å². The monoisotopic (exact) mass is 260 g/mol. The van der Waals surface area contributed by atoms with E-state index in [0.717, 1.165) is 25.7 Å². The summed E-state index contributed by atoms with van der Waals surface area (Å²) in [7, 11) is -1.81. The van der Waals surface area contributed by atoms with E-state index in [-0.39, 0.29) is 5.03 Å². The number of nitrogens with one attached hydrogen (secondary N) is 1. The van der Waals surface area contributed by atoms with E-state index in [1.54, 1.807) is 7.05 Å². The minimum atomic E-state index is -3.41. The molecule has 0 unspecified atom stereocenters. The van der Waals surface area contributed by atoms with Crippen LogP contribution in [0.3, 0.4) is 0 Å². The highest BCUT2D eigenvalue weighted by molar-refractivity contribution is 7.89. The number of unbranched alkanes of at least 4 members (excludes halogenated alkanes) is 3. The molecule has 0 saturated heterocycles. The molecule has 6 nitrogen and oxygen atoms in total. The lowest BCUT2D eigenvalue weighted by atomic mass is 10.2. The van der Waals surface area contributed by atoms with E-state index in [2.05, 4.69) is 9.82 Å². The van der Waals surface area contributed by atoms with Crippen molar-refractivity contribution in [3.05, 3.63) is 12.3 Å². The molecule has 3 N–H and O–H groups in total. The molecular formula is C10H20N4O2S. The molecule has 0 aliphatic rings. The summed E-state index contributed by atoms with van der Waals surface area (Å²) < 4.78 is 27.5. The predicted octanol–water partition coefficient (Wildman–Crippen LogP) is 0.218. The zero-order valence-corrected chi connectivity index (χ0v) is 10.9. The second-order valence-corrected chi connectivity index (χ2v) is 5.61. The van der Waals surface area contributed by atoms with Crippen LogP contribution in [0.15, 0.2) is 17.3 Å². The summed E-state index contributed by atoms with van der Waals surface area (Å²) in [6.45, 7) is 1.15. The summed E-state index contributed by atoms with van der Waals surface area (Å²) in [5.41, 5.74) is 5.37. The molecule has 0 aromatic carbocycles. The smallest absolute Gasteiger partial charge is 0.257 e. The van der Waals surface area contributed by atoms with Crippen LogP contribution in [-0.2, 0) is 17.1 Å². The summed E-state index contributed by atoms with van der Waals surface area (Å²) in [5.74, 6) is 0. The van der Waals surface area contributed by atoms with Gasteiger partial charge in [-0.25, -0.2) is 13.1 Å². The summed E-state index contributed by atoms with van der Waals surface area (Å²) in [6, 6.07) is 1.48. The molecule has 0 saturated carbocycles. The zero-order chi connectivity index (χ0) is 12.7. The van der Waals surface area contributed by atoms with Crippen LogP contribution in [0.25, 0.3) is 0 Å². The molecule has 7 heteroatoms. The highest BCUT2D eigenvalue weighted by Gasteiger charge is 2.16. The first kappa shape index (κ1) is 14.1. The molecule has 0 spiro atoms. The van der Waals surface area contributed by atoms with Crippen LogP contribution in [0, 0.1) is 0 Å². The van der Waals surface area contributed by atoms with E-state index in [0.29, 0.717) is 13.1 Å². The van der Waals surface area contributed by atoms with Crippen molar-refractivity contribution in [2.24, 2.45) is 12.8 Å². The van der Waals surface area contributed by atoms with Crippen LogP contribution in [-0.4, -0.2) is 31.3 Å². The van der Waals surface area contributed by atoms with Gasteiger partial charge in [0.2, 0.25) is 0 Å². The average Bonchev–Trinajstić information content (AvgIpc) is 2.70. The Labute approximate surface area is 102 Å². The van der Waals surface area contributed by atoms with E-state index in [1.165, 1.54) is 16.9 Å². The fourth-order valence-electron chi connectivity index (χ4n) is 1.53. The Morgan fingerprint density at radius 3 is 2.65 bits per heavy atom. The van der Waals surface area contributed by atoms with Gasteiger partial charge in [-0.05, 0) is 25.5 Å². The minimum absolute atomic E-state index is 0.194. The Kier molecular flexibility index (Phi) is 5.60. The quantitative estimate of drug-likeness (QED) is 0.654. The number of hydrogen-bond donors (Lipinski definition) is 2. The average molecular weight is 260 g/mol. The summed E-state index contributed by atoms with van der Waals surface area (Å²) in [5, 5.41) is 4.03. The number of rotatable bonds is 8. The normalized spacial score (nSPS) is 11.9. The van der Waals surface area contributed by atoms with Crippen LogP contribution in [0.1, 0.15) is 25.7 Å². The van der Waals surface area contributed by atoms with Gasteiger partial charge < -0.3 is 5.73 Å². The molecule has 1 heterocycles. The fourth-order valence-corrected chi connectivity index (χ4v) is 2.72. The number of nitrogens with zero attached hydrogens (tertiary/aromatic N) is 2. The molecule has 1 aromatic heterocycles.